The maximum atomic E-state index is 12.0. The molecule has 1 aromatic carbocycles. The highest BCUT2D eigenvalue weighted by Gasteiger charge is 2.19. The van der Waals surface area contributed by atoms with Crippen LogP contribution in [0.5, 0.6) is 0 Å². The van der Waals surface area contributed by atoms with Crippen molar-refractivity contribution in [2.24, 2.45) is 0 Å². The average molecular weight is 557 g/mol. The first-order chi connectivity index (χ1) is 19.0. The highest BCUT2D eigenvalue weighted by molar-refractivity contribution is 5.84. The summed E-state index contributed by atoms with van der Waals surface area (Å²) in [4.78, 5) is 35.2. The first-order valence-electron chi connectivity index (χ1n) is 13.4. The standard InChI is InChI=1S/C27H44N2O10/c1-2-12-34-13-14-35-15-16-36-17-18-37-19-20-38-22-25(30)29-24(26(31)32)10-6-7-11-28-27(33)39-21-23-8-4-3-5-9-23/h3-5,8-9,24H,2,6-7,10-22H2,1H3,(H,28,33)(H,29,30)(H,31,32)/t24-/m0/s1. The number of amides is 2. The normalized spacial score (nSPS) is 11.6. The molecule has 0 heterocycles. The number of aliphatic carboxylic acids is 1. The maximum Gasteiger partial charge on any atom is 0.407 e. The van der Waals surface area contributed by atoms with Crippen LogP contribution in [0.2, 0.25) is 0 Å². The van der Waals surface area contributed by atoms with Gasteiger partial charge in [0.1, 0.15) is 19.3 Å². The van der Waals surface area contributed by atoms with Gasteiger partial charge in [-0.15, -0.1) is 0 Å². The summed E-state index contributed by atoms with van der Waals surface area (Å²) in [6.07, 6.45) is 1.71. The largest absolute Gasteiger partial charge is 0.480 e. The van der Waals surface area contributed by atoms with Crippen LogP contribution in [0.15, 0.2) is 30.3 Å². The number of ether oxygens (including phenoxy) is 6. The minimum atomic E-state index is -1.13. The lowest BCUT2D eigenvalue weighted by atomic mass is 10.1. The number of carbonyl (C=O) groups excluding carboxylic acids is 2. The Balaban J connectivity index is 1.96. The van der Waals surface area contributed by atoms with Gasteiger partial charge in [0, 0.05) is 13.2 Å². The van der Waals surface area contributed by atoms with Gasteiger partial charge in [-0.2, -0.15) is 0 Å². The van der Waals surface area contributed by atoms with Crippen molar-refractivity contribution in [3.8, 4) is 0 Å². The lowest BCUT2D eigenvalue weighted by molar-refractivity contribution is -0.142. The van der Waals surface area contributed by atoms with Gasteiger partial charge >= 0.3 is 12.1 Å². The Hall–Kier alpha value is -2.77. The number of unbranched alkanes of at least 4 members (excludes halogenated alkanes) is 1. The molecule has 0 aromatic heterocycles. The number of benzene rings is 1. The number of nitrogens with one attached hydrogen (secondary N) is 2. The van der Waals surface area contributed by atoms with Gasteiger partial charge in [0.2, 0.25) is 5.91 Å². The Morgan fingerprint density at radius 1 is 0.795 bits per heavy atom. The molecule has 3 N–H and O–H groups in total. The fraction of sp³-hybridized carbons (Fsp3) is 0.667. The number of hydrogen-bond donors (Lipinski definition) is 3. The van der Waals surface area contributed by atoms with Gasteiger partial charge in [-0.3, -0.25) is 4.79 Å². The molecule has 0 unspecified atom stereocenters. The third kappa shape index (κ3) is 20.8. The molecule has 0 bridgehead atoms. The molecule has 222 valence electrons. The van der Waals surface area contributed by atoms with Crippen molar-refractivity contribution in [1.29, 1.82) is 0 Å². The zero-order chi connectivity index (χ0) is 28.4. The molecular weight excluding hydrogens is 512 g/mol. The van der Waals surface area contributed by atoms with E-state index in [0.29, 0.717) is 59.0 Å². The summed E-state index contributed by atoms with van der Waals surface area (Å²) in [5.74, 6) is -1.65. The van der Waals surface area contributed by atoms with Gasteiger partial charge in [0.15, 0.2) is 0 Å². The molecular formula is C27H44N2O10. The van der Waals surface area contributed by atoms with E-state index in [-0.39, 0.29) is 32.8 Å². The number of carboxylic acids is 1. The molecule has 1 atom stereocenters. The van der Waals surface area contributed by atoms with Crippen LogP contribution in [-0.4, -0.2) is 102 Å². The molecule has 0 aliphatic rings. The summed E-state index contributed by atoms with van der Waals surface area (Å²) in [7, 11) is 0. The molecule has 2 amide bonds. The van der Waals surface area contributed by atoms with Crippen LogP contribution in [0, 0.1) is 0 Å². The molecule has 0 aliphatic carbocycles. The second kappa shape index (κ2) is 24.3. The highest BCUT2D eigenvalue weighted by Crippen LogP contribution is 2.03. The fourth-order valence-electron chi connectivity index (χ4n) is 3.12. The summed E-state index contributed by atoms with van der Waals surface area (Å²) in [5, 5.41) is 14.4. The van der Waals surface area contributed by atoms with Crippen LogP contribution in [-0.2, 0) is 44.6 Å². The van der Waals surface area contributed by atoms with E-state index in [2.05, 4.69) is 17.6 Å². The smallest absolute Gasteiger partial charge is 0.407 e. The Morgan fingerprint density at radius 3 is 1.92 bits per heavy atom. The Bertz CT molecular complexity index is 766. The predicted molar refractivity (Wildman–Crippen MR) is 142 cm³/mol. The van der Waals surface area contributed by atoms with Crippen LogP contribution in [0.25, 0.3) is 0 Å². The Morgan fingerprint density at radius 2 is 1.36 bits per heavy atom. The van der Waals surface area contributed by atoms with E-state index in [9.17, 15) is 19.5 Å². The zero-order valence-electron chi connectivity index (χ0n) is 22.9. The van der Waals surface area contributed by atoms with Crippen molar-refractivity contribution in [2.45, 2.75) is 45.3 Å². The molecule has 12 heteroatoms. The van der Waals surface area contributed by atoms with Crippen LogP contribution < -0.4 is 10.6 Å². The molecule has 0 saturated heterocycles. The van der Waals surface area contributed by atoms with E-state index in [4.69, 9.17) is 28.4 Å². The minimum Gasteiger partial charge on any atom is -0.480 e. The molecule has 0 saturated carbocycles. The summed E-state index contributed by atoms with van der Waals surface area (Å²) < 4.78 is 31.8. The number of carbonyl (C=O) groups is 3. The second-order valence-corrected chi connectivity index (χ2v) is 8.44. The average Bonchev–Trinajstić information content (AvgIpc) is 2.93. The third-order valence-electron chi connectivity index (χ3n) is 5.10. The van der Waals surface area contributed by atoms with Gasteiger partial charge < -0.3 is 44.2 Å². The van der Waals surface area contributed by atoms with E-state index in [0.717, 1.165) is 18.6 Å². The molecule has 39 heavy (non-hydrogen) atoms. The first-order valence-corrected chi connectivity index (χ1v) is 13.4. The van der Waals surface area contributed by atoms with E-state index in [1.54, 1.807) is 0 Å². The first kappa shape index (κ1) is 34.3. The fourth-order valence-corrected chi connectivity index (χ4v) is 3.12. The minimum absolute atomic E-state index is 0.175. The van der Waals surface area contributed by atoms with Crippen molar-refractivity contribution in [3.05, 3.63) is 35.9 Å². The van der Waals surface area contributed by atoms with E-state index in [1.165, 1.54) is 0 Å². The molecule has 12 nitrogen and oxygen atoms in total. The van der Waals surface area contributed by atoms with E-state index < -0.39 is 24.0 Å². The number of hydrogen-bond acceptors (Lipinski definition) is 9. The summed E-state index contributed by atoms with van der Waals surface area (Å²) in [6.45, 7) is 6.41. The van der Waals surface area contributed by atoms with Crippen LogP contribution in [0.4, 0.5) is 4.79 Å². The topological polar surface area (TPSA) is 151 Å². The van der Waals surface area contributed by atoms with Crippen molar-refractivity contribution >= 4 is 18.0 Å². The molecule has 1 rings (SSSR count). The Kier molecular flexibility index (Phi) is 21.3. The monoisotopic (exact) mass is 556 g/mol. The number of carboxylic acid groups (broad SMARTS) is 1. The number of rotatable bonds is 25. The van der Waals surface area contributed by atoms with E-state index >= 15 is 0 Å². The van der Waals surface area contributed by atoms with Gasteiger partial charge in [0.05, 0.1) is 52.9 Å². The van der Waals surface area contributed by atoms with Crippen LogP contribution in [0.1, 0.15) is 38.2 Å². The molecule has 0 spiro atoms. The zero-order valence-corrected chi connectivity index (χ0v) is 22.9. The van der Waals surface area contributed by atoms with Gasteiger partial charge in [-0.1, -0.05) is 37.3 Å². The summed E-state index contributed by atoms with van der Waals surface area (Å²) in [5.41, 5.74) is 0.885. The van der Waals surface area contributed by atoms with Crippen molar-refractivity contribution < 1.29 is 47.9 Å². The maximum absolute atomic E-state index is 12.0. The number of alkyl carbamates (subject to hydrolysis) is 1. The van der Waals surface area contributed by atoms with Gasteiger partial charge in [-0.25, -0.2) is 9.59 Å². The van der Waals surface area contributed by atoms with Crippen molar-refractivity contribution in [3.63, 3.8) is 0 Å². The molecule has 0 aliphatic heterocycles. The molecule has 1 aromatic rings. The predicted octanol–water partition coefficient (Wildman–Crippen LogP) is 2.15. The van der Waals surface area contributed by atoms with Crippen molar-refractivity contribution in [1.82, 2.24) is 10.6 Å². The lowest BCUT2D eigenvalue weighted by Gasteiger charge is -2.15. The quantitative estimate of drug-likeness (QED) is 0.153. The summed E-state index contributed by atoms with van der Waals surface area (Å²) in [6, 6.07) is 8.28. The summed E-state index contributed by atoms with van der Waals surface area (Å²) >= 11 is 0. The van der Waals surface area contributed by atoms with Crippen LogP contribution in [0.3, 0.4) is 0 Å². The Labute approximate surface area is 230 Å². The third-order valence-corrected chi connectivity index (χ3v) is 5.10. The molecule has 0 fully saturated rings. The SMILES string of the molecule is CCCOCCOCCOCCOCCOCC(=O)N[C@@H](CCCCNC(=O)OCc1ccccc1)C(=O)O. The van der Waals surface area contributed by atoms with Crippen LogP contribution >= 0.6 is 0 Å². The highest BCUT2D eigenvalue weighted by atomic mass is 16.6. The van der Waals surface area contributed by atoms with Gasteiger partial charge in [0.25, 0.3) is 0 Å². The van der Waals surface area contributed by atoms with E-state index in [1.807, 2.05) is 30.3 Å². The second-order valence-electron chi connectivity index (χ2n) is 8.44. The molecule has 0 radical (unpaired) electrons. The van der Waals surface area contributed by atoms with Gasteiger partial charge in [-0.05, 0) is 31.2 Å². The van der Waals surface area contributed by atoms with Crippen molar-refractivity contribution in [2.75, 3.05) is 72.6 Å². The lowest BCUT2D eigenvalue weighted by Crippen LogP contribution is -2.42.